The fraction of sp³-hybridized carbons (Fsp3) is 0.278. The number of nitrogens with one attached hydrogen (secondary N) is 2. The van der Waals surface area contributed by atoms with Crippen molar-refractivity contribution in [3.63, 3.8) is 0 Å². The maximum Gasteiger partial charge on any atom is 0.314 e. The second kappa shape index (κ2) is 9.39. The first kappa shape index (κ1) is 17.6. The Hall–Kier alpha value is -2.76. The molecule has 0 fully saturated rings. The molecular formula is C18H21FN2O3. The summed E-state index contributed by atoms with van der Waals surface area (Å²) in [5, 5.41) is 5.36. The van der Waals surface area contributed by atoms with Crippen LogP contribution in [-0.4, -0.2) is 32.8 Å². The largest absolute Gasteiger partial charge is 0.493 e. The molecule has 0 aliphatic heterocycles. The number of carbonyl (C=O) groups is 1. The molecular weight excluding hydrogens is 311 g/mol. The monoisotopic (exact) mass is 332 g/mol. The van der Waals surface area contributed by atoms with Gasteiger partial charge in [-0.2, -0.15) is 0 Å². The van der Waals surface area contributed by atoms with E-state index in [1.165, 1.54) is 6.07 Å². The lowest BCUT2D eigenvalue weighted by Crippen LogP contribution is -2.38. The summed E-state index contributed by atoms with van der Waals surface area (Å²) < 4.78 is 24.2. The molecule has 2 aromatic carbocycles. The summed E-state index contributed by atoms with van der Waals surface area (Å²) >= 11 is 0. The number of ether oxygens (including phenoxy) is 2. The second-order valence-electron chi connectivity index (χ2n) is 5.02. The molecule has 24 heavy (non-hydrogen) atoms. The summed E-state index contributed by atoms with van der Waals surface area (Å²) in [6, 6.07) is 13.5. The highest BCUT2D eigenvalue weighted by molar-refractivity contribution is 5.73. The average molecular weight is 332 g/mol. The van der Waals surface area contributed by atoms with Gasteiger partial charge in [-0.3, -0.25) is 0 Å². The van der Waals surface area contributed by atoms with Crippen molar-refractivity contribution in [3.8, 4) is 11.5 Å². The smallest absolute Gasteiger partial charge is 0.314 e. The Balaban J connectivity index is 1.62. The molecule has 0 saturated carbocycles. The van der Waals surface area contributed by atoms with E-state index in [1.807, 2.05) is 12.1 Å². The van der Waals surface area contributed by atoms with Gasteiger partial charge in [0.05, 0.1) is 13.7 Å². The molecule has 0 aliphatic carbocycles. The molecule has 2 aromatic rings. The molecule has 0 aromatic heterocycles. The summed E-state index contributed by atoms with van der Waals surface area (Å²) in [6.07, 6.45) is 0.442. The van der Waals surface area contributed by atoms with Crippen molar-refractivity contribution < 1.29 is 18.7 Å². The average Bonchev–Trinajstić information content (AvgIpc) is 2.60. The molecule has 128 valence electrons. The predicted octanol–water partition coefficient (Wildman–Crippen LogP) is 2.76. The number of carbonyl (C=O) groups excluding carboxylic acids is 1. The van der Waals surface area contributed by atoms with Crippen molar-refractivity contribution in [1.82, 2.24) is 10.6 Å². The minimum Gasteiger partial charge on any atom is -0.493 e. The Morgan fingerprint density at radius 1 is 1.00 bits per heavy atom. The van der Waals surface area contributed by atoms with Crippen molar-refractivity contribution in [3.05, 3.63) is 59.9 Å². The predicted molar refractivity (Wildman–Crippen MR) is 90.0 cm³/mol. The van der Waals surface area contributed by atoms with Gasteiger partial charge in [-0.15, -0.1) is 0 Å². The highest BCUT2D eigenvalue weighted by atomic mass is 19.1. The molecule has 2 N–H and O–H groups in total. The molecule has 0 bridgehead atoms. The second-order valence-corrected chi connectivity index (χ2v) is 5.02. The van der Waals surface area contributed by atoms with Crippen LogP contribution in [0.25, 0.3) is 0 Å². The topological polar surface area (TPSA) is 59.6 Å². The van der Waals surface area contributed by atoms with Crippen LogP contribution < -0.4 is 20.1 Å². The highest BCUT2D eigenvalue weighted by Crippen LogP contribution is 2.25. The summed E-state index contributed by atoms with van der Waals surface area (Å²) in [5.41, 5.74) is 0.581. The van der Waals surface area contributed by atoms with Gasteiger partial charge in [0.2, 0.25) is 0 Å². The number of urea groups is 1. The molecule has 0 spiro atoms. The Bertz CT molecular complexity index is 664. The maximum atomic E-state index is 13.4. The lowest BCUT2D eigenvalue weighted by atomic mass is 10.1. The van der Waals surface area contributed by atoms with Crippen molar-refractivity contribution in [2.24, 2.45) is 0 Å². The van der Waals surface area contributed by atoms with Gasteiger partial charge < -0.3 is 20.1 Å². The normalized spacial score (nSPS) is 10.1. The molecule has 0 saturated heterocycles. The third kappa shape index (κ3) is 5.46. The molecule has 0 atom stereocenters. The van der Waals surface area contributed by atoms with Crippen LogP contribution >= 0.6 is 0 Å². The van der Waals surface area contributed by atoms with E-state index in [0.717, 1.165) is 0 Å². The summed E-state index contributed by atoms with van der Waals surface area (Å²) in [7, 11) is 1.57. The Labute approximate surface area is 140 Å². The first-order valence-corrected chi connectivity index (χ1v) is 7.71. The number of rotatable bonds is 8. The van der Waals surface area contributed by atoms with Gasteiger partial charge in [-0.1, -0.05) is 30.3 Å². The quantitative estimate of drug-likeness (QED) is 0.731. The maximum absolute atomic E-state index is 13.4. The van der Waals surface area contributed by atoms with Gasteiger partial charge in [0, 0.05) is 6.54 Å². The van der Waals surface area contributed by atoms with Crippen molar-refractivity contribution in [2.45, 2.75) is 6.42 Å². The third-order valence-electron chi connectivity index (χ3n) is 3.35. The summed E-state index contributed by atoms with van der Waals surface area (Å²) in [6.45, 7) is 1.03. The van der Waals surface area contributed by atoms with Crippen molar-refractivity contribution in [1.29, 1.82) is 0 Å². The number of hydrogen-bond acceptors (Lipinski definition) is 3. The first-order chi connectivity index (χ1) is 11.7. The van der Waals surface area contributed by atoms with Crippen LogP contribution in [0.2, 0.25) is 0 Å². The van der Waals surface area contributed by atoms with E-state index in [1.54, 1.807) is 37.4 Å². The van der Waals surface area contributed by atoms with Crippen LogP contribution in [0.5, 0.6) is 11.5 Å². The molecule has 5 nitrogen and oxygen atoms in total. The zero-order chi connectivity index (χ0) is 17.2. The number of hydrogen-bond donors (Lipinski definition) is 2. The van der Waals surface area contributed by atoms with Crippen LogP contribution in [0.3, 0.4) is 0 Å². The third-order valence-corrected chi connectivity index (χ3v) is 3.35. The summed E-state index contributed by atoms with van der Waals surface area (Å²) in [4.78, 5) is 11.7. The van der Waals surface area contributed by atoms with Gasteiger partial charge in [-0.05, 0) is 30.2 Å². The standard InChI is InChI=1S/C18H21FN2O3/c1-23-16-8-4-5-9-17(16)24-13-12-21-18(22)20-11-10-14-6-2-3-7-15(14)19/h2-9H,10-13H2,1H3,(H2,20,21,22). The van der Waals surface area contributed by atoms with E-state index in [4.69, 9.17) is 9.47 Å². The van der Waals surface area contributed by atoms with E-state index < -0.39 is 0 Å². The molecule has 0 radical (unpaired) electrons. The molecule has 6 heteroatoms. The lowest BCUT2D eigenvalue weighted by Gasteiger charge is -2.11. The lowest BCUT2D eigenvalue weighted by molar-refractivity contribution is 0.235. The number of halogens is 1. The summed E-state index contributed by atoms with van der Waals surface area (Å²) in [5.74, 6) is 1.01. The zero-order valence-electron chi connectivity index (χ0n) is 13.5. The molecule has 2 rings (SSSR count). The fourth-order valence-corrected chi connectivity index (χ4v) is 2.14. The Morgan fingerprint density at radius 2 is 1.67 bits per heavy atom. The van der Waals surface area contributed by atoms with Gasteiger partial charge in [0.1, 0.15) is 12.4 Å². The van der Waals surface area contributed by atoms with E-state index >= 15 is 0 Å². The van der Waals surface area contributed by atoms with E-state index in [-0.39, 0.29) is 11.8 Å². The van der Waals surface area contributed by atoms with Crippen molar-refractivity contribution >= 4 is 6.03 Å². The Morgan fingerprint density at radius 3 is 2.42 bits per heavy atom. The van der Waals surface area contributed by atoms with Gasteiger partial charge >= 0.3 is 6.03 Å². The molecule has 0 heterocycles. The van der Waals surface area contributed by atoms with Gasteiger partial charge in [0.15, 0.2) is 11.5 Å². The van der Waals surface area contributed by atoms with Crippen LogP contribution in [0.15, 0.2) is 48.5 Å². The molecule has 0 unspecified atom stereocenters. The number of benzene rings is 2. The van der Waals surface area contributed by atoms with Crippen LogP contribution in [0.1, 0.15) is 5.56 Å². The number of para-hydroxylation sites is 2. The Kier molecular flexibility index (Phi) is 6.89. The van der Waals surface area contributed by atoms with E-state index in [0.29, 0.717) is 43.2 Å². The fourth-order valence-electron chi connectivity index (χ4n) is 2.14. The van der Waals surface area contributed by atoms with Crippen LogP contribution in [0.4, 0.5) is 9.18 Å². The van der Waals surface area contributed by atoms with Gasteiger partial charge in [-0.25, -0.2) is 9.18 Å². The highest BCUT2D eigenvalue weighted by Gasteiger charge is 2.04. The molecule has 2 amide bonds. The van der Waals surface area contributed by atoms with Gasteiger partial charge in [0.25, 0.3) is 0 Å². The van der Waals surface area contributed by atoms with Crippen molar-refractivity contribution in [2.75, 3.05) is 26.8 Å². The number of methoxy groups -OCH3 is 1. The van der Waals surface area contributed by atoms with E-state index in [9.17, 15) is 9.18 Å². The number of amides is 2. The minimum absolute atomic E-state index is 0.259. The first-order valence-electron chi connectivity index (χ1n) is 7.71. The molecule has 0 aliphatic rings. The van der Waals surface area contributed by atoms with E-state index in [2.05, 4.69) is 10.6 Å². The SMILES string of the molecule is COc1ccccc1OCCNC(=O)NCCc1ccccc1F. The zero-order valence-corrected chi connectivity index (χ0v) is 13.5. The van der Waals surface area contributed by atoms with Crippen LogP contribution in [-0.2, 0) is 6.42 Å². The minimum atomic E-state index is -0.310. The van der Waals surface area contributed by atoms with Crippen LogP contribution in [0, 0.1) is 5.82 Å².